The third kappa shape index (κ3) is 3.60. The fraction of sp³-hybridized carbons (Fsp3) is 0.529. The van der Waals surface area contributed by atoms with Gasteiger partial charge in [0.25, 0.3) is 0 Å². The van der Waals surface area contributed by atoms with Crippen molar-refractivity contribution in [3.8, 4) is 0 Å². The molecule has 0 bridgehead atoms. The molecular formula is C17H21N3OS2. The van der Waals surface area contributed by atoms with Gasteiger partial charge in [-0.3, -0.25) is 9.88 Å². The van der Waals surface area contributed by atoms with E-state index in [0.717, 1.165) is 18.0 Å². The minimum Gasteiger partial charge on any atom is -0.373 e. The molecule has 0 aromatic carbocycles. The van der Waals surface area contributed by atoms with Gasteiger partial charge < -0.3 is 4.74 Å². The van der Waals surface area contributed by atoms with E-state index in [0.29, 0.717) is 17.5 Å². The highest BCUT2D eigenvalue weighted by Crippen LogP contribution is 2.46. The number of hydrogen-bond acceptors (Lipinski definition) is 6. The van der Waals surface area contributed by atoms with Crippen molar-refractivity contribution in [2.24, 2.45) is 0 Å². The van der Waals surface area contributed by atoms with Crippen molar-refractivity contribution >= 4 is 23.1 Å². The Hall–Kier alpha value is -0.950. The molecule has 4 nitrogen and oxygen atoms in total. The minimum absolute atomic E-state index is 0.387. The Kier molecular flexibility index (Phi) is 4.41. The van der Waals surface area contributed by atoms with Crippen molar-refractivity contribution in [1.29, 1.82) is 0 Å². The Labute approximate surface area is 145 Å². The second kappa shape index (κ2) is 6.51. The van der Waals surface area contributed by atoms with Crippen molar-refractivity contribution < 1.29 is 4.74 Å². The Balaban J connectivity index is 1.23. The summed E-state index contributed by atoms with van der Waals surface area (Å²) in [5, 5.41) is 3.38. The van der Waals surface area contributed by atoms with Crippen LogP contribution in [0.4, 0.5) is 0 Å². The Morgan fingerprint density at radius 2 is 2.17 bits per heavy atom. The minimum atomic E-state index is 0.387. The first-order valence-corrected chi connectivity index (χ1v) is 9.85. The second-order valence-corrected chi connectivity index (χ2v) is 8.95. The van der Waals surface area contributed by atoms with Gasteiger partial charge in [-0.15, -0.1) is 23.1 Å². The molecule has 1 spiro atoms. The molecular weight excluding hydrogens is 326 g/mol. The maximum absolute atomic E-state index is 6.10. The van der Waals surface area contributed by atoms with E-state index in [9.17, 15) is 0 Å². The summed E-state index contributed by atoms with van der Waals surface area (Å²) in [6.45, 7) is 6.11. The van der Waals surface area contributed by atoms with Crippen LogP contribution in [0.5, 0.6) is 0 Å². The van der Waals surface area contributed by atoms with E-state index < -0.39 is 0 Å². The summed E-state index contributed by atoms with van der Waals surface area (Å²) < 4.78 is 6.53. The van der Waals surface area contributed by atoms with Gasteiger partial charge in [0.15, 0.2) is 0 Å². The SMILES string of the molecule is Cc1csc(CN2CC3(CC(OCc4ccncc4)CS3)C2)n1. The summed E-state index contributed by atoms with van der Waals surface area (Å²) in [5.74, 6) is 1.12. The van der Waals surface area contributed by atoms with Crippen LogP contribution in [0.25, 0.3) is 0 Å². The summed E-state index contributed by atoms with van der Waals surface area (Å²) >= 11 is 3.87. The molecule has 1 unspecified atom stereocenters. The molecule has 0 amide bonds. The van der Waals surface area contributed by atoms with Crippen molar-refractivity contribution in [2.45, 2.75) is 37.3 Å². The molecule has 0 saturated carbocycles. The second-order valence-electron chi connectivity index (χ2n) is 6.51. The zero-order chi connectivity index (χ0) is 15.7. The lowest BCUT2D eigenvalue weighted by Crippen LogP contribution is -2.58. The van der Waals surface area contributed by atoms with Crippen LogP contribution in [-0.4, -0.2) is 44.6 Å². The van der Waals surface area contributed by atoms with Crippen LogP contribution in [0.1, 0.15) is 22.7 Å². The van der Waals surface area contributed by atoms with E-state index in [1.54, 1.807) is 11.3 Å². The maximum Gasteiger partial charge on any atom is 0.107 e. The smallest absolute Gasteiger partial charge is 0.107 e. The molecule has 2 fully saturated rings. The highest BCUT2D eigenvalue weighted by molar-refractivity contribution is 8.01. The number of aromatic nitrogens is 2. The fourth-order valence-electron chi connectivity index (χ4n) is 3.37. The van der Waals surface area contributed by atoms with Gasteiger partial charge in [0.2, 0.25) is 0 Å². The molecule has 2 aliphatic heterocycles. The summed E-state index contributed by atoms with van der Waals surface area (Å²) in [4.78, 5) is 11.1. The van der Waals surface area contributed by atoms with Crippen molar-refractivity contribution in [1.82, 2.24) is 14.9 Å². The van der Waals surface area contributed by atoms with Gasteiger partial charge in [-0.25, -0.2) is 4.98 Å². The molecule has 2 aromatic rings. The molecule has 4 rings (SSSR count). The van der Waals surface area contributed by atoms with Gasteiger partial charge in [0, 0.05) is 47.1 Å². The topological polar surface area (TPSA) is 38.2 Å². The summed E-state index contributed by atoms with van der Waals surface area (Å²) in [7, 11) is 0. The molecule has 0 radical (unpaired) electrons. The number of aryl methyl sites for hydroxylation is 1. The van der Waals surface area contributed by atoms with Gasteiger partial charge in [0.05, 0.1) is 19.3 Å². The maximum atomic E-state index is 6.10. The molecule has 0 N–H and O–H groups in total. The zero-order valence-corrected chi connectivity index (χ0v) is 14.9. The van der Waals surface area contributed by atoms with Gasteiger partial charge in [-0.1, -0.05) is 0 Å². The van der Waals surface area contributed by atoms with Crippen LogP contribution in [-0.2, 0) is 17.9 Å². The predicted octanol–water partition coefficient (Wildman–Crippen LogP) is 3.12. The fourth-order valence-corrected chi connectivity index (χ4v) is 5.79. The van der Waals surface area contributed by atoms with E-state index in [4.69, 9.17) is 4.74 Å². The number of nitrogens with zero attached hydrogens (tertiary/aromatic N) is 3. The van der Waals surface area contributed by atoms with Crippen LogP contribution < -0.4 is 0 Å². The van der Waals surface area contributed by atoms with E-state index in [1.165, 1.54) is 30.1 Å². The molecule has 122 valence electrons. The molecule has 2 saturated heterocycles. The number of ether oxygens (including phenoxy) is 1. The van der Waals surface area contributed by atoms with E-state index in [1.807, 2.05) is 24.5 Å². The molecule has 2 aliphatic rings. The standard InChI is InChI=1S/C17H21N3OS2/c1-13-9-22-16(19-13)7-20-11-17(12-20)6-15(10-23-17)21-8-14-2-4-18-5-3-14/h2-5,9,15H,6-8,10-12H2,1H3. The number of rotatable bonds is 5. The number of likely N-dealkylation sites (tertiary alicyclic amines) is 1. The van der Waals surface area contributed by atoms with Crippen molar-refractivity contribution in [3.63, 3.8) is 0 Å². The number of thioether (sulfide) groups is 1. The number of thiazole rings is 1. The van der Waals surface area contributed by atoms with Gasteiger partial charge in [-0.05, 0) is 31.0 Å². The highest BCUT2D eigenvalue weighted by Gasteiger charge is 2.49. The van der Waals surface area contributed by atoms with Gasteiger partial charge >= 0.3 is 0 Å². The van der Waals surface area contributed by atoms with Crippen LogP contribution in [0.3, 0.4) is 0 Å². The Morgan fingerprint density at radius 1 is 1.35 bits per heavy atom. The zero-order valence-electron chi connectivity index (χ0n) is 13.3. The van der Waals surface area contributed by atoms with Crippen molar-refractivity contribution in [2.75, 3.05) is 18.8 Å². The third-order valence-electron chi connectivity index (χ3n) is 4.46. The first-order chi connectivity index (χ1) is 11.2. The van der Waals surface area contributed by atoms with Gasteiger partial charge in [0.1, 0.15) is 5.01 Å². The van der Waals surface area contributed by atoms with E-state index in [-0.39, 0.29) is 0 Å². The summed E-state index contributed by atoms with van der Waals surface area (Å²) in [6.07, 6.45) is 5.22. The van der Waals surface area contributed by atoms with Gasteiger partial charge in [-0.2, -0.15) is 0 Å². The molecule has 2 aromatic heterocycles. The lowest BCUT2D eigenvalue weighted by Gasteiger charge is -2.47. The summed E-state index contributed by atoms with van der Waals surface area (Å²) in [6, 6.07) is 4.05. The van der Waals surface area contributed by atoms with Crippen molar-refractivity contribution in [3.05, 3.63) is 46.2 Å². The average Bonchev–Trinajstić information content (AvgIpc) is 3.13. The van der Waals surface area contributed by atoms with Crippen LogP contribution in [0.2, 0.25) is 0 Å². The molecule has 4 heterocycles. The molecule has 0 aliphatic carbocycles. The summed E-state index contributed by atoms with van der Waals surface area (Å²) in [5.41, 5.74) is 2.35. The number of pyridine rings is 1. The highest BCUT2D eigenvalue weighted by atomic mass is 32.2. The molecule has 23 heavy (non-hydrogen) atoms. The van der Waals surface area contributed by atoms with Crippen LogP contribution in [0, 0.1) is 6.92 Å². The Morgan fingerprint density at radius 3 is 2.91 bits per heavy atom. The first-order valence-electron chi connectivity index (χ1n) is 7.99. The molecule has 1 atom stereocenters. The first kappa shape index (κ1) is 15.6. The quantitative estimate of drug-likeness (QED) is 0.831. The van der Waals surface area contributed by atoms with Crippen LogP contribution >= 0.6 is 23.1 Å². The Bertz CT molecular complexity index is 655. The molecule has 6 heteroatoms. The lowest BCUT2D eigenvalue weighted by atomic mass is 9.93. The normalized spacial score (nSPS) is 23.3. The average molecular weight is 348 g/mol. The van der Waals surface area contributed by atoms with Crippen LogP contribution in [0.15, 0.2) is 29.9 Å². The monoisotopic (exact) mass is 347 g/mol. The van der Waals surface area contributed by atoms with E-state index >= 15 is 0 Å². The predicted molar refractivity (Wildman–Crippen MR) is 94.7 cm³/mol. The van der Waals surface area contributed by atoms with E-state index in [2.05, 4.69) is 38.9 Å². The largest absolute Gasteiger partial charge is 0.373 e. The lowest BCUT2D eigenvalue weighted by molar-refractivity contribution is 0.0264. The number of hydrogen-bond donors (Lipinski definition) is 0. The third-order valence-corrected chi connectivity index (χ3v) is 6.99.